The van der Waals surface area contributed by atoms with Crippen LogP contribution in [0.15, 0.2) is 61.2 Å². The molecule has 1 saturated carbocycles. The first-order chi connectivity index (χ1) is 12.1. The molecule has 2 N–H and O–H groups in total. The van der Waals surface area contributed by atoms with Gasteiger partial charge in [0.1, 0.15) is 5.82 Å². The molecule has 0 bridgehead atoms. The Morgan fingerprint density at radius 1 is 1.16 bits per heavy atom. The van der Waals surface area contributed by atoms with Gasteiger partial charge in [-0.3, -0.25) is 9.59 Å². The fourth-order valence-corrected chi connectivity index (χ4v) is 2.84. The highest BCUT2D eigenvalue weighted by atomic mass is 19.1. The monoisotopic (exact) mass is 338 g/mol. The second-order valence-electron chi connectivity index (χ2n) is 6.03. The standard InChI is InChI=1S/C20H19FN2O2/c1-2-11-22-19(24)15-5-3-4-6-18(15)23-20(25)17-12-16(17)13-7-9-14(21)10-8-13/h2-10,16-17H,1,11-12H2,(H,22,24)(H,23,25). The van der Waals surface area contributed by atoms with Gasteiger partial charge < -0.3 is 10.6 Å². The van der Waals surface area contributed by atoms with E-state index in [1.54, 1.807) is 42.5 Å². The Kier molecular flexibility index (Phi) is 4.93. The van der Waals surface area contributed by atoms with Crippen LogP contribution in [0.2, 0.25) is 0 Å². The molecule has 1 aliphatic carbocycles. The Morgan fingerprint density at radius 3 is 2.60 bits per heavy atom. The van der Waals surface area contributed by atoms with Crippen LogP contribution in [-0.2, 0) is 4.79 Å². The third kappa shape index (κ3) is 3.94. The lowest BCUT2D eigenvalue weighted by molar-refractivity contribution is -0.117. The number of para-hydroxylation sites is 1. The van der Waals surface area contributed by atoms with Crippen molar-refractivity contribution >= 4 is 17.5 Å². The van der Waals surface area contributed by atoms with Gasteiger partial charge in [-0.15, -0.1) is 6.58 Å². The Labute approximate surface area is 145 Å². The van der Waals surface area contributed by atoms with Gasteiger partial charge >= 0.3 is 0 Å². The number of benzene rings is 2. The number of rotatable bonds is 6. The summed E-state index contributed by atoms with van der Waals surface area (Å²) in [5, 5.41) is 5.54. The van der Waals surface area contributed by atoms with Crippen molar-refractivity contribution in [2.24, 2.45) is 5.92 Å². The van der Waals surface area contributed by atoms with Crippen molar-refractivity contribution in [3.05, 3.63) is 78.1 Å². The first-order valence-electron chi connectivity index (χ1n) is 8.14. The first kappa shape index (κ1) is 16.9. The lowest BCUT2D eigenvalue weighted by atomic mass is 10.1. The minimum Gasteiger partial charge on any atom is -0.349 e. The van der Waals surface area contributed by atoms with E-state index < -0.39 is 0 Å². The van der Waals surface area contributed by atoms with Crippen molar-refractivity contribution in [3.63, 3.8) is 0 Å². The number of carbonyl (C=O) groups is 2. The summed E-state index contributed by atoms with van der Waals surface area (Å²) in [7, 11) is 0. The van der Waals surface area contributed by atoms with E-state index in [0.29, 0.717) is 17.8 Å². The fraction of sp³-hybridized carbons (Fsp3) is 0.200. The predicted molar refractivity (Wildman–Crippen MR) is 94.8 cm³/mol. The number of carbonyl (C=O) groups excluding carboxylic acids is 2. The average Bonchev–Trinajstić information content (AvgIpc) is 3.41. The molecule has 5 heteroatoms. The van der Waals surface area contributed by atoms with Gasteiger partial charge in [-0.2, -0.15) is 0 Å². The molecule has 0 aromatic heterocycles. The van der Waals surface area contributed by atoms with Crippen molar-refractivity contribution in [1.29, 1.82) is 0 Å². The van der Waals surface area contributed by atoms with Gasteiger partial charge in [-0.1, -0.05) is 30.3 Å². The maximum absolute atomic E-state index is 13.0. The van der Waals surface area contributed by atoms with Gasteiger partial charge in [0, 0.05) is 12.5 Å². The summed E-state index contributed by atoms with van der Waals surface area (Å²) in [6.45, 7) is 3.92. The number of anilines is 1. The van der Waals surface area contributed by atoms with E-state index in [1.165, 1.54) is 12.1 Å². The Bertz CT molecular complexity index is 802. The van der Waals surface area contributed by atoms with Crippen LogP contribution in [0.5, 0.6) is 0 Å². The first-order valence-corrected chi connectivity index (χ1v) is 8.14. The third-order valence-electron chi connectivity index (χ3n) is 4.26. The topological polar surface area (TPSA) is 58.2 Å². The van der Waals surface area contributed by atoms with E-state index in [0.717, 1.165) is 12.0 Å². The summed E-state index contributed by atoms with van der Waals surface area (Å²) >= 11 is 0. The fourth-order valence-electron chi connectivity index (χ4n) is 2.84. The predicted octanol–water partition coefficient (Wildman–Crippen LogP) is 3.48. The van der Waals surface area contributed by atoms with Crippen LogP contribution >= 0.6 is 0 Å². The zero-order valence-electron chi connectivity index (χ0n) is 13.7. The molecule has 2 amide bonds. The van der Waals surface area contributed by atoms with Crippen LogP contribution < -0.4 is 10.6 Å². The van der Waals surface area contributed by atoms with Crippen LogP contribution in [0, 0.1) is 11.7 Å². The zero-order chi connectivity index (χ0) is 17.8. The Balaban J connectivity index is 1.67. The average molecular weight is 338 g/mol. The van der Waals surface area contributed by atoms with E-state index >= 15 is 0 Å². The van der Waals surface area contributed by atoms with Crippen LogP contribution in [0.1, 0.15) is 28.3 Å². The molecule has 0 heterocycles. The van der Waals surface area contributed by atoms with E-state index in [1.807, 2.05) is 0 Å². The molecular weight excluding hydrogens is 319 g/mol. The van der Waals surface area contributed by atoms with Crippen LogP contribution in [0.25, 0.3) is 0 Å². The zero-order valence-corrected chi connectivity index (χ0v) is 13.7. The van der Waals surface area contributed by atoms with E-state index in [2.05, 4.69) is 17.2 Å². The van der Waals surface area contributed by atoms with Crippen molar-refractivity contribution in [3.8, 4) is 0 Å². The molecule has 2 aromatic carbocycles. The summed E-state index contributed by atoms with van der Waals surface area (Å²) in [6.07, 6.45) is 2.32. The molecule has 0 saturated heterocycles. The van der Waals surface area contributed by atoms with Gasteiger partial charge in [0.05, 0.1) is 11.3 Å². The van der Waals surface area contributed by atoms with Crippen LogP contribution in [0.4, 0.5) is 10.1 Å². The third-order valence-corrected chi connectivity index (χ3v) is 4.26. The van der Waals surface area contributed by atoms with E-state index in [-0.39, 0.29) is 29.5 Å². The molecule has 0 aliphatic heterocycles. The smallest absolute Gasteiger partial charge is 0.253 e. The molecule has 4 nitrogen and oxygen atoms in total. The minimum atomic E-state index is -0.287. The molecule has 2 aromatic rings. The second-order valence-corrected chi connectivity index (χ2v) is 6.03. The number of hydrogen-bond donors (Lipinski definition) is 2. The SMILES string of the molecule is C=CCNC(=O)c1ccccc1NC(=O)C1CC1c1ccc(F)cc1. The maximum atomic E-state index is 13.0. The van der Waals surface area contributed by atoms with Crippen molar-refractivity contribution in [2.45, 2.75) is 12.3 Å². The molecule has 2 atom stereocenters. The van der Waals surface area contributed by atoms with Gasteiger partial charge in [0.15, 0.2) is 0 Å². The summed E-state index contributed by atoms with van der Waals surface area (Å²) in [5.41, 5.74) is 1.86. The number of amides is 2. The van der Waals surface area contributed by atoms with Crippen molar-refractivity contribution < 1.29 is 14.0 Å². The lowest BCUT2D eigenvalue weighted by Crippen LogP contribution is -2.25. The number of hydrogen-bond acceptors (Lipinski definition) is 2. The molecule has 1 fully saturated rings. The Morgan fingerprint density at radius 2 is 1.88 bits per heavy atom. The van der Waals surface area contributed by atoms with Crippen molar-refractivity contribution in [2.75, 3.05) is 11.9 Å². The second kappa shape index (κ2) is 7.30. The number of nitrogens with one attached hydrogen (secondary N) is 2. The minimum absolute atomic E-state index is 0.0994. The van der Waals surface area contributed by atoms with E-state index in [4.69, 9.17) is 0 Å². The molecule has 128 valence electrons. The highest BCUT2D eigenvalue weighted by Crippen LogP contribution is 2.48. The van der Waals surface area contributed by atoms with Crippen LogP contribution in [-0.4, -0.2) is 18.4 Å². The molecule has 3 rings (SSSR count). The van der Waals surface area contributed by atoms with Gasteiger partial charge in [0.25, 0.3) is 5.91 Å². The highest BCUT2D eigenvalue weighted by Gasteiger charge is 2.44. The van der Waals surface area contributed by atoms with Gasteiger partial charge in [0.2, 0.25) is 5.91 Å². The van der Waals surface area contributed by atoms with E-state index in [9.17, 15) is 14.0 Å². The molecular formula is C20H19FN2O2. The van der Waals surface area contributed by atoms with Gasteiger partial charge in [-0.05, 0) is 42.2 Å². The Hall–Kier alpha value is -2.95. The quantitative estimate of drug-likeness (QED) is 0.792. The van der Waals surface area contributed by atoms with Crippen LogP contribution in [0.3, 0.4) is 0 Å². The number of halogens is 1. The summed E-state index contributed by atoms with van der Waals surface area (Å²) in [4.78, 5) is 24.6. The molecule has 1 aliphatic rings. The summed E-state index contributed by atoms with van der Waals surface area (Å²) < 4.78 is 13.0. The lowest BCUT2D eigenvalue weighted by Gasteiger charge is -2.11. The molecule has 0 radical (unpaired) electrons. The molecule has 25 heavy (non-hydrogen) atoms. The summed E-state index contributed by atoms with van der Waals surface area (Å²) in [6, 6.07) is 13.1. The normalized spacial score (nSPS) is 18.3. The molecule has 2 unspecified atom stereocenters. The largest absolute Gasteiger partial charge is 0.349 e. The maximum Gasteiger partial charge on any atom is 0.253 e. The van der Waals surface area contributed by atoms with Crippen molar-refractivity contribution in [1.82, 2.24) is 5.32 Å². The molecule has 0 spiro atoms. The summed E-state index contributed by atoms with van der Waals surface area (Å²) in [5.74, 6) is -0.734. The van der Waals surface area contributed by atoms with Gasteiger partial charge in [-0.25, -0.2) is 4.39 Å². The highest BCUT2D eigenvalue weighted by molar-refractivity contribution is 6.04.